The van der Waals surface area contributed by atoms with Gasteiger partial charge in [0, 0.05) is 17.3 Å². The fourth-order valence-corrected chi connectivity index (χ4v) is 3.40. The Hall–Kier alpha value is -4.46. The molecule has 0 saturated heterocycles. The van der Waals surface area contributed by atoms with E-state index < -0.39 is 0 Å². The summed E-state index contributed by atoms with van der Waals surface area (Å²) in [6.07, 6.45) is 3.20. The smallest absolute Gasteiger partial charge is 0.248 e. The minimum Gasteiger partial charge on any atom is -0.497 e. The molecule has 4 aromatic rings. The fourth-order valence-electron chi connectivity index (χ4n) is 3.40. The highest BCUT2D eigenvalue weighted by Gasteiger charge is 2.17. The van der Waals surface area contributed by atoms with Crippen LogP contribution in [0.2, 0.25) is 0 Å². The van der Waals surface area contributed by atoms with Gasteiger partial charge >= 0.3 is 0 Å². The van der Waals surface area contributed by atoms with Crippen LogP contribution in [0.5, 0.6) is 23.0 Å². The Bertz CT molecular complexity index is 1320. The van der Waals surface area contributed by atoms with Gasteiger partial charge in [-0.05, 0) is 54.1 Å². The van der Waals surface area contributed by atoms with Crippen molar-refractivity contribution in [3.05, 3.63) is 66.2 Å². The number of ether oxygens (including phenoxy) is 4. The van der Waals surface area contributed by atoms with Crippen LogP contribution < -0.4 is 24.3 Å². The number of anilines is 1. The summed E-state index contributed by atoms with van der Waals surface area (Å²) >= 11 is 0. The van der Waals surface area contributed by atoms with Crippen molar-refractivity contribution in [1.29, 1.82) is 0 Å². The third kappa shape index (κ3) is 4.80. The number of fused-ring (bicyclic) bond motifs is 1. The van der Waals surface area contributed by atoms with Gasteiger partial charge in [-0.25, -0.2) is 4.98 Å². The van der Waals surface area contributed by atoms with E-state index in [9.17, 15) is 4.79 Å². The molecule has 1 amide bonds. The number of nitrogens with one attached hydrogen (secondary N) is 1. The number of carbonyl (C=O) groups excluding carboxylic acids is 1. The summed E-state index contributed by atoms with van der Waals surface area (Å²) in [6, 6.07) is 16.2. The molecule has 0 fully saturated rings. The van der Waals surface area contributed by atoms with E-state index in [0.717, 1.165) is 11.3 Å². The number of aromatic nitrogens is 1. The third-order valence-corrected chi connectivity index (χ3v) is 5.11. The molecule has 0 atom stereocenters. The van der Waals surface area contributed by atoms with Crippen LogP contribution in [-0.2, 0) is 4.79 Å². The minimum atomic E-state index is -0.261. The molecule has 4 rings (SSSR count). The second-order valence-electron chi connectivity index (χ2n) is 7.21. The molecule has 34 heavy (non-hydrogen) atoms. The van der Waals surface area contributed by atoms with E-state index in [0.29, 0.717) is 45.5 Å². The predicted molar refractivity (Wildman–Crippen MR) is 130 cm³/mol. The molecule has 8 heteroatoms. The van der Waals surface area contributed by atoms with Gasteiger partial charge < -0.3 is 28.7 Å². The van der Waals surface area contributed by atoms with Crippen molar-refractivity contribution in [1.82, 2.24) is 4.98 Å². The van der Waals surface area contributed by atoms with E-state index in [1.165, 1.54) is 6.08 Å². The molecule has 174 valence electrons. The molecular weight excluding hydrogens is 436 g/mol. The van der Waals surface area contributed by atoms with Crippen molar-refractivity contribution in [2.24, 2.45) is 0 Å². The summed E-state index contributed by atoms with van der Waals surface area (Å²) in [4.78, 5) is 16.9. The van der Waals surface area contributed by atoms with E-state index in [-0.39, 0.29) is 5.91 Å². The van der Waals surface area contributed by atoms with Crippen LogP contribution in [0.25, 0.3) is 28.6 Å². The first-order valence-electron chi connectivity index (χ1n) is 10.4. The number of benzene rings is 3. The molecule has 0 spiro atoms. The first-order chi connectivity index (χ1) is 16.5. The zero-order valence-corrected chi connectivity index (χ0v) is 19.2. The Morgan fingerprint density at radius 2 is 1.59 bits per heavy atom. The normalized spacial score (nSPS) is 10.9. The number of hydrogen-bond acceptors (Lipinski definition) is 7. The van der Waals surface area contributed by atoms with Gasteiger partial charge in [-0.1, -0.05) is 12.1 Å². The van der Waals surface area contributed by atoms with Gasteiger partial charge in [-0.2, -0.15) is 0 Å². The van der Waals surface area contributed by atoms with Gasteiger partial charge in [-0.15, -0.1) is 0 Å². The van der Waals surface area contributed by atoms with Gasteiger partial charge in [0.1, 0.15) is 11.3 Å². The van der Waals surface area contributed by atoms with Crippen LogP contribution in [-0.4, -0.2) is 39.3 Å². The molecule has 1 N–H and O–H groups in total. The van der Waals surface area contributed by atoms with Crippen molar-refractivity contribution < 1.29 is 28.2 Å². The van der Waals surface area contributed by atoms with Crippen molar-refractivity contribution in [2.45, 2.75) is 0 Å². The molecule has 0 radical (unpaired) electrons. The first kappa shape index (κ1) is 22.7. The Morgan fingerprint density at radius 3 is 2.21 bits per heavy atom. The van der Waals surface area contributed by atoms with E-state index in [2.05, 4.69) is 10.3 Å². The lowest BCUT2D eigenvalue weighted by Gasteiger charge is -2.12. The summed E-state index contributed by atoms with van der Waals surface area (Å²) in [6.45, 7) is 0. The lowest BCUT2D eigenvalue weighted by atomic mass is 10.2. The largest absolute Gasteiger partial charge is 0.497 e. The van der Waals surface area contributed by atoms with Crippen molar-refractivity contribution in [2.75, 3.05) is 33.8 Å². The van der Waals surface area contributed by atoms with Crippen LogP contribution in [0.3, 0.4) is 0 Å². The van der Waals surface area contributed by atoms with E-state index >= 15 is 0 Å². The average molecular weight is 460 g/mol. The highest BCUT2D eigenvalue weighted by atomic mass is 16.5. The van der Waals surface area contributed by atoms with Crippen LogP contribution in [0.4, 0.5) is 5.69 Å². The Balaban J connectivity index is 1.54. The molecule has 0 aliphatic carbocycles. The third-order valence-electron chi connectivity index (χ3n) is 5.11. The highest BCUT2D eigenvalue weighted by molar-refractivity contribution is 6.02. The topological polar surface area (TPSA) is 92.1 Å². The molecule has 1 heterocycles. The number of hydrogen-bond donors (Lipinski definition) is 1. The molecule has 0 aliphatic rings. The van der Waals surface area contributed by atoms with Gasteiger partial charge in [0.05, 0.1) is 28.4 Å². The van der Waals surface area contributed by atoms with Gasteiger partial charge in [0.25, 0.3) is 0 Å². The standard InChI is InChI=1S/C26H24N2O6/c1-30-19-9-5-16(6-10-19)7-12-24(29)27-18-8-11-21-20(15-18)28-26(34-21)17-13-22(31-2)25(33-4)23(14-17)32-3/h5-15H,1-4H3,(H,27,29)/b12-7+. The van der Waals surface area contributed by atoms with Crippen LogP contribution in [0.15, 0.2) is 65.1 Å². The summed E-state index contributed by atoms with van der Waals surface area (Å²) in [5.74, 6) is 2.36. The second kappa shape index (κ2) is 9.99. The maximum Gasteiger partial charge on any atom is 0.248 e. The maximum absolute atomic E-state index is 12.4. The molecule has 1 aromatic heterocycles. The zero-order chi connectivity index (χ0) is 24.1. The van der Waals surface area contributed by atoms with Gasteiger partial charge in [0.15, 0.2) is 17.1 Å². The number of rotatable bonds is 8. The molecule has 8 nitrogen and oxygen atoms in total. The monoisotopic (exact) mass is 460 g/mol. The SMILES string of the molecule is COc1ccc(/C=C/C(=O)Nc2ccc3oc(-c4cc(OC)c(OC)c(OC)c4)nc3c2)cc1. The fraction of sp³-hybridized carbons (Fsp3) is 0.154. The molecule has 0 bridgehead atoms. The van der Waals surface area contributed by atoms with Crippen molar-refractivity contribution in [3.8, 4) is 34.5 Å². The summed E-state index contributed by atoms with van der Waals surface area (Å²) in [7, 11) is 6.25. The zero-order valence-electron chi connectivity index (χ0n) is 19.2. The number of methoxy groups -OCH3 is 4. The van der Waals surface area contributed by atoms with Crippen molar-refractivity contribution in [3.63, 3.8) is 0 Å². The van der Waals surface area contributed by atoms with Crippen molar-refractivity contribution >= 4 is 28.8 Å². The molecule has 3 aromatic carbocycles. The van der Waals surface area contributed by atoms with E-state index in [1.54, 1.807) is 64.8 Å². The highest BCUT2D eigenvalue weighted by Crippen LogP contribution is 2.41. The number of carbonyl (C=O) groups is 1. The second-order valence-corrected chi connectivity index (χ2v) is 7.21. The van der Waals surface area contributed by atoms with Crippen LogP contribution >= 0.6 is 0 Å². The molecule has 0 unspecified atom stereocenters. The number of nitrogens with zero attached hydrogens (tertiary/aromatic N) is 1. The average Bonchev–Trinajstić information content (AvgIpc) is 3.30. The summed E-state index contributed by atoms with van der Waals surface area (Å²) < 4.78 is 27.2. The Kier molecular flexibility index (Phi) is 6.68. The lowest BCUT2D eigenvalue weighted by molar-refractivity contribution is -0.111. The van der Waals surface area contributed by atoms with Gasteiger partial charge in [-0.3, -0.25) is 4.79 Å². The van der Waals surface area contributed by atoms with Gasteiger partial charge in [0.2, 0.25) is 17.5 Å². The minimum absolute atomic E-state index is 0.261. The first-order valence-corrected chi connectivity index (χ1v) is 10.4. The summed E-state index contributed by atoms with van der Waals surface area (Å²) in [5, 5.41) is 2.84. The van der Waals surface area contributed by atoms with E-state index in [4.69, 9.17) is 23.4 Å². The quantitative estimate of drug-likeness (QED) is 0.362. The molecule has 0 saturated carbocycles. The Morgan fingerprint density at radius 1 is 0.882 bits per heavy atom. The van der Waals surface area contributed by atoms with E-state index in [1.807, 2.05) is 24.3 Å². The number of amides is 1. The lowest BCUT2D eigenvalue weighted by Crippen LogP contribution is -2.07. The molecule has 0 aliphatic heterocycles. The molecular formula is C26H24N2O6. The summed E-state index contributed by atoms with van der Waals surface area (Å²) in [5.41, 5.74) is 3.33. The van der Waals surface area contributed by atoms with Crippen LogP contribution in [0, 0.1) is 0 Å². The van der Waals surface area contributed by atoms with Crippen LogP contribution in [0.1, 0.15) is 5.56 Å². The predicted octanol–water partition coefficient (Wildman–Crippen LogP) is 5.18. The Labute approximate surface area is 196 Å². The number of oxazole rings is 1. The maximum atomic E-state index is 12.4.